The van der Waals surface area contributed by atoms with E-state index in [4.69, 9.17) is 0 Å². The molecule has 0 fully saturated rings. The van der Waals surface area contributed by atoms with Gasteiger partial charge in [0.25, 0.3) is 17.7 Å². The highest BCUT2D eigenvalue weighted by molar-refractivity contribution is 6.22. The van der Waals surface area contributed by atoms with Crippen molar-refractivity contribution in [1.82, 2.24) is 9.80 Å². The molecular weight excluding hydrogens is 340 g/mol. The number of carbonyl (C=O) groups excluding carboxylic acids is 3. The van der Waals surface area contributed by atoms with Crippen LogP contribution >= 0.6 is 0 Å². The van der Waals surface area contributed by atoms with E-state index in [1.807, 2.05) is 0 Å². The lowest BCUT2D eigenvalue weighted by Crippen LogP contribution is -2.41. The number of amides is 3. The van der Waals surface area contributed by atoms with Gasteiger partial charge in [-0.3, -0.25) is 19.3 Å². The molecule has 2 heterocycles. The third-order valence-electron chi connectivity index (χ3n) is 5.22. The third-order valence-corrected chi connectivity index (χ3v) is 5.22. The second kappa shape index (κ2) is 6.79. The number of nitrogens with zero attached hydrogens (tertiary/aromatic N) is 2. The monoisotopic (exact) mass is 362 g/mol. The van der Waals surface area contributed by atoms with Gasteiger partial charge >= 0.3 is 0 Å². The van der Waals surface area contributed by atoms with E-state index < -0.39 is 36.0 Å². The van der Waals surface area contributed by atoms with Gasteiger partial charge in [-0.05, 0) is 25.0 Å². The molecule has 3 rings (SSSR count). The van der Waals surface area contributed by atoms with Gasteiger partial charge < -0.3 is 20.2 Å². The molecule has 1 aromatic rings. The van der Waals surface area contributed by atoms with Crippen molar-refractivity contribution in [3.63, 3.8) is 0 Å². The standard InChI is InChI=1S/C18H22N2O6/c1-3-9(7-21)19-15(23)11-5-13-14(6-12(11)16(19)24)18(26)20(17(13)25)10(4-2)8-22/h5-6,9-10,15,21-23H,3-4,7-8H2,1-2H3. The molecule has 3 atom stereocenters. The zero-order valence-electron chi connectivity index (χ0n) is 14.7. The first kappa shape index (κ1) is 18.5. The summed E-state index contributed by atoms with van der Waals surface area (Å²) in [5.74, 6) is -1.58. The summed E-state index contributed by atoms with van der Waals surface area (Å²) >= 11 is 0. The summed E-state index contributed by atoms with van der Waals surface area (Å²) < 4.78 is 0. The van der Waals surface area contributed by atoms with Gasteiger partial charge in [0.15, 0.2) is 6.23 Å². The Labute approximate surface area is 150 Å². The predicted molar refractivity (Wildman–Crippen MR) is 90.4 cm³/mol. The predicted octanol–water partition coefficient (Wildman–Crippen LogP) is 0.271. The Morgan fingerprint density at radius 3 is 1.92 bits per heavy atom. The van der Waals surface area contributed by atoms with Crippen molar-refractivity contribution in [2.45, 2.75) is 45.0 Å². The molecule has 8 nitrogen and oxygen atoms in total. The Balaban J connectivity index is 2.05. The maximum absolute atomic E-state index is 12.7. The maximum Gasteiger partial charge on any atom is 0.261 e. The van der Waals surface area contributed by atoms with Gasteiger partial charge in [-0.2, -0.15) is 0 Å². The second-order valence-electron chi connectivity index (χ2n) is 6.54. The zero-order chi connectivity index (χ0) is 19.2. The van der Waals surface area contributed by atoms with E-state index >= 15 is 0 Å². The Kier molecular flexibility index (Phi) is 4.83. The van der Waals surface area contributed by atoms with Crippen LogP contribution in [-0.4, -0.2) is 68.1 Å². The van der Waals surface area contributed by atoms with E-state index in [0.717, 1.165) is 4.90 Å². The van der Waals surface area contributed by atoms with Gasteiger partial charge in [-0.15, -0.1) is 0 Å². The molecule has 8 heteroatoms. The van der Waals surface area contributed by atoms with Crippen LogP contribution in [0.15, 0.2) is 12.1 Å². The molecule has 0 aromatic heterocycles. The van der Waals surface area contributed by atoms with Gasteiger partial charge in [-0.25, -0.2) is 0 Å². The van der Waals surface area contributed by atoms with Crippen molar-refractivity contribution in [1.29, 1.82) is 0 Å². The Morgan fingerprint density at radius 1 is 0.885 bits per heavy atom. The van der Waals surface area contributed by atoms with Crippen LogP contribution in [-0.2, 0) is 0 Å². The number of aliphatic hydroxyl groups excluding tert-OH is 3. The van der Waals surface area contributed by atoms with E-state index in [2.05, 4.69) is 0 Å². The third kappa shape index (κ3) is 2.45. The van der Waals surface area contributed by atoms with E-state index in [1.165, 1.54) is 17.0 Å². The topological polar surface area (TPSA) is 118 Å². The highest BCUT2D eigenvalue weighted by atomic mass is 16.3. The fourth-order valence-electron chi connectivity index (χ4n) is 3.63. The van der Waals surface area contributed by atoms with E-state index in [9.17, 15) is 29.7 Å². The average Bonchev–Trinajstić information content (AvgIpc) is 3.03. The van der Waals surface area contributed by atoms with Gasteiger partial charge in [0.1, 0.15) is 0 Å². The molecule has 26 heavy (non-hydrogen) atoms. The van der Waals surface area contributed by atoms with Gasteiger partial charge in [0.05, 0.1) is 36.4 Å². The molecule has 0 aliphatic carbocycles. The molecule has 0 saturated carbocycles. The fourth-order valence-corrected chi connectivity index (χ4v) is 3.63. The summed E-state index contributed by atoms with van der Waals surface area (Å²) in [6.45, 7) is 2.91. The Hall–Kier alpha value is -2.29. The van der Waals surface area contributed by atoms with E-state index in [0.29, 0.717) is 12.8 Å². The zero-order valence-corrected chi connectivity index (χ0v) is 14.7. The molecule has 3 amide bonds. The smallest absolute Gasteiger partial charge is 0.261 e. The van der Waals surface area contributed by atoms with Gasteiger partial charge in [0, 0.05) is 11.1 Å². The highest BCUT2D eigenvalue weighted by Gasteiger charge is 2.45. The van der Waals surface area contributed by atoms with Crippen molar-refractivity contribution in [2.75, 3.05) is 13.2 Å². The molecule has 1 aromatic carbocycles. The maximum atomic E-state index is 12.7. The van der Waals surface area contributed by atoms with Crippen molar-refractivity contribution >= 4 is 17.7 Å². The first-order valence-corrected chi connectivity index (χ1v) is 8.69. The number of benzene rings is 1. The quantitative estimate of drug-likeness (QED) is 0.625. The summed E-state index contributed by atoms with van der Waals surface area (Å²) in [6, 6.07) is 1.53. The van der Waals surface area contributed by atoms with Gasteiger partial charge in [0.2, 0.25) is 0 Å². The summed E-state index contributed by atoms with van der Waals surface area (Å²) in [6.07, 6.45) is -0.421. The van der Waals surface area contributed by atoms with Crippen LogP contribution in [0.1, 0.15) is 69.6 Å². The number of hydrogen-bond acceptors (Lipinski definition) is 6. The summed E-state index contributed by atoms with van der Waals surface area (Å²) in [4.78, 5) is 40.2. The van der Waals surface area contributed by atoms with Crippen molar-refractivity contribution in [2.24, 2.45) is 0 Å². The number of hydrogen-bond donors (Lipinski definition) is 3. The molecule has 3 unspecified atom stereocenters. The van der Waals surface area contributed by atoms with Crippen LogP contribution in [0.2, 0.25) is 0 Å². The van der Waals surface area contributed by atoms with Crippen LogP contribution < -0.4 is 0 Å². The van der Waals surface area contributed by atoms with E-state index in [-0.39, 0.29) is 35.5 Å². The lowest BCUT2D eigenvalue weighted by Gasteiger charge is -2.28. The number of aliphatic hydroxyl groups is 3. The molecule has 3 N–H and O–H groups in total. The van der Waals surface area contributed by atoms with Crippen LogP contribution in [0.25, 0.3) is 0 Å². The number of imide groups is 1. The lowest BCUT2D eigenvalue weighted by molar-refractivity contribution is -0.0162. The number of fused-ring (bicyclic) bond motifs is 2. The number of carbonyl (C=O) groups is 3. The minimum atomic E-state index is -1.28. The summed E-state index contributed by atoms with van der Waals surface area (Å²) in [5, 5.41) is 29.4. The van der Waals surface area contributed by atoms with Crippen molar-refractivity contribution in [3.05, 3.63) is 34.4 Å². The molecule has 0 radical (unpaired) electrons. The number of rotatable bonds is 6. The minimum Gasteiger partial charge on any atom is -0.394 e. The summed E-state index contributed by atoms with van der Waals surface area (Å²) in [7, 11) is 0. The molecule has 0 bridgehead atoms. The lowest BCUT2D eigenvalue weighted by atomic mass is 10.0. The second-order valence-corrected chi connectivity index (χ2v) is 6.54. The molecule has 2 aliphatic rings. The Morgan fingerprint density at radius 2 is 1.42 bits per heavy atom. The molecule has 2 aliphatic heterocycles. The van der Waals surface area contributed by atoms with E-state index in [1.54, 1.807) is 13.8 Å². The van der Waals surface area contributed by atoms with Crippen LogP contribution in [0, 0.1) is 0 Å². The normalized spacial score (nSPS) is 21.3. The largest absolute Gasteiger partial charge is 0.394 e. The minimum absolute atomic E-state index is 0.0973. The van der Waals surface area contributed by atoms with Gasteiger partial charge in [-0.1, -0.05) is 13.8 Å². The fraction of sp³-hybridized carbons (Fsp3) is 0.500. The Bertz CT molecular complexity index is 769. The first-order valence-electron chi connectivity index (χ1n) is 8.69. The molecule has 140 valence electrons. The highest BCUT2D eigenvalue weighted by Crippen LogP contribution is 2.38. The van der Waals surface area contributed by atoms with Crippen LogP contribution in [0.4, 0.5) is 0 Å². The summed E-state index contributed by atoms with van der Waals surface area (Å²) in [5.41, 5.74) is 0.621. The molecule has 0 spiro atoms. The molecule has 0 saturated heterocycles. The van der Waals surface area contributed by atoms with Crippen LogP contribution in [0.5, 0.6) is 0 Å². The van der Waals surface area contributed by atoms with Crippen LogP contribution in [0.3, 0.4) is 0 Å². The SMILES string of the molecule is CCC(CO)N1C(=O)c2cc3c(cc2C1=O)C(O)N(C(CC)CO)C3=O. The van der Waals surface area contributed by atoms with Crippen molar-refractivity contribution in [3.8, 4) is 0 Å². The molecular formula is C18H22N2O6. The first-order chi connectivity index (χ1) is 12.4. The average molecular weight is 362 g/mol. The van der Waals surface area contributed by atoms with Crippen molar-refractivity contribution < 1.29 is 29.7 Å².